The van der Waals surface area contributed by atoms with Crippen molar-refractivity contribution in [2.45, 2.75) is 70.8 Å². The molecular weight excluding hydrogens is 550 g/mol. The molecule has 0 aromatic heterocycles. The van der Waals surface area contributed by atoms with Gasteiger partial charge in [-0.05, 0) is 58.9 Å². The molecule has 1 aromatic rings. The highest BCUT2D eigenvalue weighted by atomic mass is 16.5. The van der Waals surface area contributed by atoms with Gasteiger partial charge >= 0.3 is 0 Å². The van der Waals surface area contributed by atoms with Gasteiger partial charge in [-0.3, -0.25) is 14.4 Å². The number of unbranched alkanes of at least 4 members (excludes halogenated alkanes) is 1. The molecule has 1 aliphatic heterocycles. The number of allylic oxidation sites excluding steroid dienone is 10. The first-order valence-corrected chi connectivity index (χ1v) is 15.9. The summed E-state index contributed by atoms with van der Waals surface area (Å²) in [5.41, 5.74) is -0.474. The maximum atomic E-state index is 12.5. The van der Waals surface area contributed by atoms with E-state index < -0.39 is 11.5 Å². The Morgan fingerprint density at radius 1 is 0.818 bits per heavy atom. The van der Waals surface area contributed by atoms with E-state index in [2.05, 4.69) is 78.3 Å². The van der Waals surface area contributed by atoms with E-state index in [1.807, 2.05) is 42.3 Å². The lowest BCUT2D eigenvalue weighted by atomic mass is 9.92. The lowest BCUT2D eigenvalue weighted by molar-refractivity contribution is -0.132. The van der Waals surface area contributed by atoms with Gasteiger partial charge in [-0.1, -0.05) is 98.0 Å². The average Bonchev–Trinajstić information content (AvgIpc) is 3.34. The SMILES string of the molecule is CCC=CCC=CCC=CCC=CCC=CCCCC(=O)NCCN(C)CCNC(=O)C1=CC(=O)C(C)(c2ccccc2)O1. The van der Waals surface area contributed by atoms with Crippen molar-refractivity contribution in [3.05, 3.63) is 108 Å². The Bertz CT molecular complexity index is 1200. The number of likely N-dealkylation sites (N-methyl/N-ethyl adjacent to an activating group) is 1. The van der Waals surface area contributed by atoms with Crippen LogP contribution >= 0.6 is 0 Å². The molecule has 238 valence electrons. The first kappa shape index (κ1) is 36.2. The fourth-order valence-electron chi connectivity index (χ4n) is 4.41. The van der Waals surface area contributed by atoms with Crippen LogP contribution in [0.2, 0.25) is 0 Å². The van der Waals surface area contributed by atoms with Gasteiger partial charge in [0.2, 0.25) is 11.7 Å². The van der Waals surface area contributed by atoms with Gasteiger partial charge in [0.1, 0.15) is 0 Å². The number of nitrogens with one attached hydrogen (secondary N) is 2. The second kappa shape index (κ2) is 21.7. The molecule has 44 heavy (non-hydrogen) atoms. The Kier molecular flexibility index (Phi) is 17.8. The number of ketones is 1. The minimum Gasteiger partial charge on any atom is -0.469 e. The quantitative estimate of drug-likeness (QED) is 0.125. The number of benzene rings is 1. The van der Waals surface area contributed by atoms with E-state index in [1.54, 1.807) is 6.92 Å². The van der Waals surface area contributed by atoms with Crippen LogP contribution in [0.3, 0.4) is 0 Å². The number of nitrogens with zero attached hydrogens (tertiary/aromatic N) is 1. The largest absolute Gasteiger partial charge is 0.469 e. The fourth-order valence-corrected chi connectivity index (χ4v) is 4.41. The molecule has 1 heterocycles. The molecule has 0 spiro atoms. The molecular formula is C37H51N3O4. The van der Waals surface area contributed by atoms with Crippen molar-refractivity contribution >= 4 is 17.6 Å². The average molecular weight is 602 g/mol. The summed E-state index contributed by atoms with van der Waals surface area (Å²) in [4.78, 5) is 39.3. The Balaban J connectivity index is 1.46. The summed E-state index contributed by atoms with van der Waals surface area (Å²) in [5.74, 6) is -0.580. The summed E-state index contributed by atoms with van der Waals surface area (Å²) in [6, 6.07) is 9.16. The van der Waals surface area contributed by atoms with Crippen molar-refractivity contribution in [2.24, 2.45) is 0 Å². The molecule has 1 unspecified atom stereocenters. The second-order valence-electron chi connectivity index (χ2n) is 10.9. The van der Waals surface area contributed by atoms with E-state index in [0.29, 0.717) is 38.2 Å². The Hall–Kier alpha value is -3.97. The minimum atomic E-state index is -1.18. The van der Waals surface area contributed by atoms with E-state index >= 15 is 0 Å². The van der Waals surface area contributed by atoms with E-state index in [0.717, 1.165) is 44.9 Å². The lowest BCUT2D eigenvalue weighted by Gasteiger charge is -2.24. The van der Waals surface area contributed by atoms with Crippen LogP contribution in [-0.4, -0.2) is 55.7 Å². The van der Waals surface area contributed by atoms with Crippen LogP contribution in [0.25, 0.3) is 0 Å². The van der Waals surface area contributed by atoms with Crippen LogP contribution in [-0.2, 0) is 24.7 Å². The number of rotatable bonds is 21. The molecule has 0 bridgehead atoms. The van der Waals surface area contributed by atoms with Crippen LogP contribution in [0.4, 0.5) is 0 Å². The van der Waals surface area contributed by atoms with Crippen LogP contribution in [0.1, 0.15) is 70.8 Å². The summed E-state index contributed by atoms with van der Waals surface area (Å²) in [6.45, 7) is 6.03. The van der Waals surface area contributed by atoms with Gasteiger partial charge in [0, 0.05) is 44.2 Å². The van der Waals surface area contributed by atoms with Crippen molar-refractivity contribution < 1.29 is 19.1 Å². The highest BCUT2D eigenvalue weighted by Gasteiger charge is 2.43. The molecule has 0 aliphatic carbocycles. The van der Waals surface area contributed by atoms with Gasteiger partial charge in [0.15, 0.2) is 11.4 Å². The van der Waals surface area contributed by atoms with Crippen molar-refractivity contribution in [1.82, 2.24) is 15.5 Å². The number of carbonyl (C=O) groups excluding carboxylic acids is 3. The van der Waals surface area contributed by atoms with Gasteiger partial charge in [-0.2, -0.15) is 0 Å². The molecule has 7 nitrogen and oxygen atoms in total. The first-order valence-electron chi connectivity index (χ1n) is 15.9. The van der Waals surface area contributed by atoms with E-state index in [4.69, 9.17) is 4.74 Å². The highest BCUT2D eigenvalue weighted by molar-refractivity contribution is 6.07. The van der Waals surface area contributed by atoms with Crippen molar-refractivity contribution in [1.29, 1.82) is 0 Å². The van der Waals surface area contributed by atoms with Crippen molar-refractivity contribution in [3.63, 3.8) is 0 Å². The van der Waals surface area contributed by atoms with E-state index in [-0.39, 0.29) is 17.4 Å². The molecule has 0 fully saturated rings. The third-order valence-electron chi connectivity index (χ3n) is 7.12. The van der Waals surface area contributed by atoms with Crippen molar-refractivity contribution in [3.8, 4) is 0 Å². The normalized spacial score (nSPS) is 17.1. The second-order valence-corrected chi connectivity index (χ2v) is 10.9. The molecule has 0 saturated heterocycles. The number of hydrogen-bond donors (Lipinski definition) is 2. The van der Waals surface area contributed by atoms with Gasteiger partial charge < -0.3 is 20.3 Å². The molecule has 7 heteroatoms. The van der Waals surface area contributed by atoms with Gasteiger partial charge in [-0.15, -0.1) is 0 Å². The van der Waals surface area contributed by atoms with E-state index in [1.165, 1.54) is 6.08 Å². The molecule has 1 aromatic carbocycles. The summed E-state index contributed by atoms with van der Waals surface area (Å²) < 4.78 is 5.78. The lowest BCUT2D eigenvalue weighted by Crippen LogP contribution is -2.38. The summed E-state index contributed by atoms with van der Waals surface area (Å²) in [6.07, 6.45) is 30.2. The zero-order valence-corrected chi connectivity index (χ0v) is 26.8. The Labute approximate surface area is 264 Å². The Morgan fingerprint density at radius 3 is 1.95 bits per heavy atom. The first-order chi connectivity index (χ1) is 21.4. The molecule has 0 radical (unpaired) electrons. The number of carbonyl (C=O) groups is 3. The molecule has 2 amide bonds. The standard InChI is InChI=1S/C37H51N3O4/c1-4-5-6-7-8-9-10-11-12-13-14-15-16-17-18-19-23-26-35(42)38-27-29-40(3)30-28-39-36(43)33-31-34(41)37(2,44-33)32-24-21-20-22-25-32/h5-6,8-9,11-12,14-15,17-18,20-22,24-25,31H,4,7,10,13,16,19,23,26-30H2,1-3H3,(H,38,42)(H,39,43). The molecule has 0 saturated carbocycles. The van der Waals surface area contributed by atoms with Crippen LogP contribution < -0.4 is 10.6 Å². The zero-order chi connectivity index (χ0) is 31.9. The predicted molar refractivity (Wildman–Crippen MR) is 180 cm³/mol. The summed E-state index contributed by atoms with van der Waals surface area (Å²) in [5, 5.41) is 5.77. The number of amides is 2. The number of hydrogen-bond acceptors (Lipinski definition) is 5. The zero-order valence-electron chi connectivity index (χ0n) is 26.8. The topological polar surface area (TPSA) is 87.7 Å². The summed E-state index contributed by atoms with van der Waals surface area (Å²) >= 11 is 0. The minimum absolute atomic E-state index is 0.0286. The van der Waals surface area contributed by atoms with Gasteiger partial charge in [-0.25, -0.2) is 0 Å². The number of ether oxygens (including phenoxy) is 1. The Morgan fingerprint density at radius 2 is 1.36 bits per heavy atom. The molecule has 1 aliphatic rings. The maximum Gasteiger partial charge on any atom is 0.286 e. The molecule has 1 atom stereocenters. The van der Waals surface area contributed by atoms with Crippen LogP contribution in [0, 0.1) is 0 Å². The fraction of sp³-hybridized carbons (Fsp3) is 0.432. The van der Waals surface area contributed by atoms with Gasteiger partial charge in [0.25, 0.3) is 5.91 Å². The van der Waals surface area contributed by atoms with E-state index in [9.17, 15) is 14.4 Å². The molecule has 2 rings (SSSR count). The highest BCUT2D eigenvalue weighted by Crippen LogP contribution is 2.34. The monoisotopic (exact) mass is 601 g/mol. The molecule has 2 N–H and O–H groups in total. The van der Waals surface area contributed by atoms with Crippen LogP contribution in [0.15, 0.2) is 103 Å². The van der Waals surface area contributed by atoms with Crippen molar-refractivity contribution in [2.75, 3.05) is 33.2 Å². The third kappa shape index (κ3) is 14.5. The smallest absolute Gasteiger partial charge is 0.286 e. The third-order valence-corrected chi connectivity index (χ3v) is 7.12. The van der Waals surface area contributed by atoms with Crippen LogP contribution in [0.5, 0.6) is 0 Å². The summed E-state index contributed by atoms with van der Waals surface area (Å²) in [7, 11) is 1.93. The predicted octanol–water partition coefficient (Wildman–Crippen LogP) is 6.47. The van der Waals surface area contributed by atoms with Gasteiger partial charge in [0.05, 0.1) is 0 Å². The maximum absolute atomic E-state index is 12.5.